The topological polar surface area (TPSA) is 177 Å². The Morgan fingerprint density at radius 3 is 2.26 bits per heavy atom. The van der Waals surface area contributed by atoms with Gasteiger partial charge in [-0.05, 0) is 54.9 Å². The second kappa shape index (κ2) is 11.6. The number of hydrogen-bond acceptors (Lipinski definition) is 10. The van der Waals surface area contributed by atoms with E-state index in [0.717, 1.165) is 6.07 Å². The number of phenolic OH excluding ortho intramolecular Hbond substituents is 1. The molecule has 0 aliphatic carbocycles. The summed E-state index contributed by atoms with van der Waals surface area (Å²) in [4.78, 5) is 10.6. The number of benzene rings is 3. The summed E-state index contributed by atoms with van der Waals surface area (Å²) >= 11 is 0. The number of anilines is 1. The number of amides is 1. The Morgan fingerprint density at radius 1 is 1.03 bits per heavy atom. The van der Waals surface area contributed by atoms with Crippen molar-refractivity contribution in [2.45, 2.75) is 16.7 Å². The van der Waals surface area contributed by atoms with Crippen molar-refractivity contribution >= 4 is 53.7 Å². The van der Waals surface area contributed by atoms with Crippen molar-refractivity contribution in [3.63, 3.8) is 0 Å². The smallest absolute Gasteiger partial charge is 0.744 e. The SMILES string of the molecule is CNCCS(=O)(=O)c1ccc(N=Nc2c(S(=O)(=O)[O-])cc3ccc(NC(C)=O)cc3c2O)cc1.[Na+]. The van der Waals surface area contributed by atoms with Gasteiger partial charge in [-0.2, -0.15) is 5.11 Å². The molecule has 0 unspecified atom stereocenters. The van der Waals surface area contributed by atoms with E-state index in [-0.39, 0.29) is 69.1 Å². The van der Waals surface area contributed by atoms with Gasteiger partial charge in [0.15, 0.2) is 15.6 Å². The van der Waals surface area contributed by atoms with Crippen LogP contribution in [-0.4, -0.2) is 51.7 Å². The van der Waals surface area contributed by atoms with Gasteiger partial charge in [-0.25, -0.2) is 16.8 Å². The fourth-order valence-corrected chi connectivity index (χ4v) is 5.00. The van der Waals surface area contributed by atoms with Crippen LogP contribution in [0.1, 0.15) is 6.92 Å². The second-order valence-corrected chi connectivity index (χ2v) is 10.7. The monoisotopic (exact) mass is 528 g/mol. The number of rotatable bonds is 8. The first kappa shape index (κ1) is 28.8. The first-order valence-corrected chi connectivity index (χ1v) is 12.9. The normalized spacial score (nSPS) is 12.0. The van der Waals surface area contributed by atoms with Crippen molar-refractivity contribution < 1.29 is 60.8 Å². The molecule has 0 aliphatic rings. The standard InChI is InChI=1S/C21H22N4O7S2.Na/c1-13(26)23-16-4-3-14-11-19(34(30,31)32)20(21(27)18(14)12-16)25-24-15-5-7-17(8-6-15)33(28,29)10-9-22-2;/h3-8,11-12,22,27H,9-10H2,1-2H3,(H,23,26)(H,30,31,32);/q;+1/p-1. The molecule has 3 aromatic carbocycles. The minimum absolute atomic E-state index is 0. The van der Waals surface area contributed by atoms with Crippen molar-refractivity contribution in [1.29, 1.82) is 0 Å². The summed E-state index contributed by atoms with van der Waals surface area (Å²) in [5, 5.41) is 24.0. The van der Waals surface area contributed by atoms with Crippen LogP contribution in [0.15, 0.2) is 68.6 Å². The zero-order valence-electron chi connectivity index (χ0n) is 19.1. The van der Waals surface area contributed by atoms with Crippen LogP contribution in [0.3, 0.4) is 0 Å². The van der Waals surface area contributed by atoms with E-state index in [1.807, 2.05) is 0 Å². The fourth-order valence-electron chi connectivity index (χ4n) is 3.09. The molecule has 0 bridgehead atoms. The summed E-state index contributed by atoms with van der Waals surface area (Å²) in [6.45, 7) is 1.58. The van der Waals surface area contributed by atoms with E-state index < -0.39 is 36.3 Å². The Hall–Kier alpha value is -2.39. The molecule has 0 radical (unpaired) electrons. The number of fused-ring (bicyclic) bond motifs is 1. The van der Waals surface area contributed by atoms with E-state index in [0.29, 0.717) is 5.69 Å². The maximum absolute atomic E-state index is 12.2. The summed E-state index contributed by atoms with van der Waals surface area (Å²) in [6, 6.07) is 10.7. The van der Waals surface area contributed by atoms with E-state index in [4.69, 9.17) is 0 Å². The van der Waals surface area contributed by atoms with Crippen LogP contribution in [0.2, 0.25) is 0 Å². The zero-order chi connectivity index (χ0) is 25.1. The summed E-state index contributed by atoms with van der Waals surface area (Å²) in [7, 11) is -6.90. The number of sulfone groups is 1. The van der Waals surface area contributed by atoms with Gasteiger partial charge in [0.1, 0.15) is 15.8 Å². The van der Waals surface area contributed by atoms with Gasteiger partial charge < -0.3 is 20.3 Å². The van der Waals surface area contributed by atoms with Crippen molar-refractivity contribution in [3.8, 4) is 5.75 Å². The van der Waals surface area contributed by atoms with E-state index in [9.17, 15) is 31.3 Å². The third-order valence-corrected chi connectivity index (χ3v) is 7.31. The Bertz CT molecular complexity index is 1490. The fraction of sp³-hybridized carbons (Fsp3) is 0.190. The molecule has 0 heterocycles. The minimum Gasteiger partial charge on any atom is -0.744 e. The summed E-state index contributed by atoms with van der Waals surface area (Å²) in [5.41, 5.74) is -0.0764. The molecule has 3 aromatic rings. The van der Waals surface area contributed by atoms with Gasteiger partial charge in [0, 0.05) is 24.5 Å². The van der Waals surface area contributed by atoms with Gasteiger partial charge in [-0.1, -0.05) is 6.07 Å². The maximum atomic E-state index is 12.2. The van der Waals surface area contributed by atoms with Crippen LogP contribution in [0.5, 0.6) is 5.75 Å². The average Bonchev–Trinajstić information content (AvgIpc) is 2.76. The van der Waals surface area contributed by atoms with Crippen LogP contribution < -0.4 is 40.2 Å². The molecule has 0 fully saturated rings. The van der Waals surface area contributed by atoms with E-state index >= 15 is 0 Å². The van der Waals surface area contributed by atoms with Gasteiger partial charge in [0.05, 0.1) is 21.2 Å². The molecule has 0 saturated carbocycles. The number of azo groups is 1. The van der Waals surface area contributed by atoms with Crippen molar-refractivity contribution in [3.05, 3.63) is 48.5 Å². The first-order chi connectivity index (χ1) is 15.9. The zero-order valence-corrected chi connectivity index (χ0v) is 22.8. The quantitative estimate of drug-likeness (QED) is 0.205. The number of phenols is 1. The average molecular weight is 529 g/mol. The molecule has 11 nitrogen and oxygen atoms in total. The summed E-state index contributed by atoms with van der Waals surface area (Å²) in [5.74, 6) is -1.07. The molecule has 35 heavy (non-hydrogen) atoms. The Balaban J connectivity index is 0.00000432. The van der Waals surface area contributed by atoms with Gasteiger partial charge in [-0.15, -0.1) is 5.11 Å². The Labute approximate surface area is 224 Å². The second-order valence-electron chi connectivity index (χ2n) is 7.26. The molecule has 0 aromatic heterocycles. The van der Waals surface area contributed by atoms with Crippen molar-refractivity contribution in [2.75, 3.05) is 24.7 Å². The Kier molecular flexibility index (Phi) is 9.53. The van der Waals surface area contributed by atoms with E-state index in [2.05, 4.69) is 20.9 Å². The molecule has 0 aliphatic heterocycles. The largest absolute Gasteiger partial charge is 1.00 e. The molecular weight excluding hydrogens is 507 g/mol. The molecule has 0 spiro atoms. The molecule has 180 valence electrons. The molecule has 14 heteroatoms. The molecular formula is C21H21N4NaO7S2. The van der Waals surface area contributed by atoms with Crippen LogP contribution in [0.25, 0.3) is 10.8 Å². The summed E-state index contributed by atoms with van der Waals surface area (Å²) in [6.07, 6.45) is 0. The van der Waals surface area contributed by atoms with E-state index in [1.54, 1.807) is 7.05 Å². The molecule has 0 atom stereocenters. The minimum atomic E-state index is -5.03. The van der Waals surface area contributed by atoms with Crippen molar-refractivity contribution in [2.24, 2.45) is 10.2 Å². The predicted molar refractivity (Wildman–Crippen MR) is 124 cm³/mol. The summed E-state index contributed by atoms with van der Waals surface area (Å²) < 4.78 is 59.9. The van der Waals surface area contributed by atoms with E-state index in [1.165, 1.54) is 49.4 Å². The first-order valence-electron chi connectivity index (χ1n) is 9.85. The number of carbonyl (C=O) groups is 1. The number of aromatic hydroxyl groups is 1. The van der Waals surface area contributed by atoms with Gasteiger partial charge >= 0.3 is 29.6 Å². The van der Waals surface area contributed by atoms with Crippen molar-refractivity contribution in [1.82, 2.24) is 5.32 Å². The number of nitrogens with one attached hydrogen (secondary N) is 2. The number of carbonyl (C=O) groups excluding carboxylic acids is 1. The molecule has 1 amide bonds. The molecule has 0 saturated heterocycles. The van der Waals surface area contributed by atoms with Crippen LogP contribution in [0.4, 0.5) is 17.1 Å². The Morgan fingerprint density at radius 2 is 1.69 bits per heavy atom. The third kappa shape index (κ3) is 7.07. The number of nitrogens with zero attached hydrogens (tertiary/aromatic N) is 2. The third-order valence-electron chi connectivity index (χ3n) is 4.72. The van der Waals surface area contributed by atoms with Gasteiger partial charge in [0.25, 0.3) is 0 Å². The molecule has 3 rings (SSSR count). The van der Waals surface area contributed by atoms with Crippen LogP contribution >= 0.6 is 0 Å². The predicted octanol–water partition coefficient (Wildman–Crippen LogP) is -0.180. The van der Waals surface area contributed by atoms with Crippen LogP contribution in [-0.2, 0) is 24.7 Å². The maximum Gasteiger partial charge on any atom is 1.00 e. The van der Waals surface area contributed by atoms with Gasteiger partial charge in [0.2, 0.25) is 5.91 Å². The van der Waals surface area contributed by atoms with Gasteiger partial charge in [-0.3, -0.25) is 4.79 Å². The molecule has 3 N–H and O–H groups in total. The number of hydrogen-bond donors (Lipinski definition) is 3. The van der Waals surface area contributed by atoms with Crippen LogP contribution in [0, 0.1) is 0 Å².